The molecule has 1 atom stereocenters. The predicted molar refractivity (Wildman–Crippen MR) is 59.5 cm³/mol. The SMILES string of the molecule is CCOC(=O)CCCNC(=O)NC(C)C(=O)O. The Morgan fingerprint density at radius 2 is 2.00 bits per heavy atom. The standard InChI is InChI=1S/C10H18N2O5/c1-3-17-8(13)5-4-6-11-10(16)12-7(2)9(14)15/h7H,3-6H2,1-2H3,(H,14,15)(H2,11,12,16). The van der Waals surface area contributed by atoms with Crippen LogP contribution >= 0.6 is 0 Å². The van der Waals surface area contributed by atoms with Crippen molar-refractivity contribution in [2.45, 2.75) is 32.7 Å². The van der Waals surface area contributed by atoms with E-state index in [1.165, 1.54) is 6.92 Å². The van der Waals surface area contributed by atoms with Crippen molar-refractivity contribution in [3.63, 3.8) is 0 Å². The topological polar surface area (TPSA) is 105 Å². The number of carbonyl (C=O) groups excluding carboxylic acids is 2. The van der Waals surface area contributed by atoms with E-state index in [1.54, 1.807) is 6.92 Å². The summed E-state index contributed by atoms with van der Waals surface area (Å²) in [6, 6.07) is -1.51. The van der Waals surface area contributed by atoms with Gasteiger partial charge in [-0.1, -0.05) is 0 Å². The van der Waals surface area contributed by atoms with Gasteiger partial charge in [-0.2, -0.15) is 0 Å². The average Bonchev–Trinajstić information content (AvgIpc) is 2.24. The lowest BCUT2D eigenvalue weighted by Crippen LogP contribution is -2.44. The quantitative estimate of drug-likeness (QED) is 0.436. The van der Waals surface area contributed by atoms with E-state index in [4.69, 9.17) is 9.84 Å². The van der Waals surface area contributed by atoms with Gasteiger partial charge in [0.1, 0.15) is 6.04 Å². The first kappa shape index (κ1) is 15.2. The number of nitrogens with one attached hydrogen (secondary N) is 2. The molecule has 0 rings (SSSR count). The minimum atomic E-state index is -1.10. The van der Waals surface area contributed by atoms with Crippen molar-refractivity contribution in [2.75, 3.05) is 13.2 Å². The van der Waals surface area contributed by atoms with Crippen molar-refractivity contribution in [1.29, 1.82) is 0 Å². The van der Waals surface area contributed by atoms with E-state index >= 15 is 0 Å². The maximum atomic E-state index is 11.1. The van der Waals surface area contributed by atoms with Crippen molar-refractivity contribution in [3.05, 3.63) is 0 Å². The first-order valence-electron chi connectivity index (χ1n) is 5.40. The third-order valence-corrected chi connectivity index (χ3v) is 1.87. The number of carboxylic acids is 1. The number of aliphatic carboxylic acids is 1. The van der Waals surface area contributed by atoms with Crippen molar-refractivity contribution < 1.29 is 24.2 Å². The van der Waals surface area contributed by atoms with Gasteiger partial charge in [-0.15, -0.1) is 0 Å². The van der Waals surface area contributed by atoms with Crippen LogP contribution in [0.2, 0.25) is 0 Å². The Hall–Kier alpha value is -1.79. The molecule has 1 unspecified atom stereocenters. The van der Waals surface area contributed by atoms with E-state index in [-0.39, 0.29) is 18.9 Å². The Kier molecular flexibility index (Phi) is 7.49. The van der Waals surface area contributed by atoms with E-state index in [1.807, 2.05) is 0 Å². The highest BCUT2D eigenvalue weighted by Crippen LogP contribution is 1.91. The summed E-state index contributed by atoms with van der Waals surface area (Å²) >= 11 is 0. The Labute approximate surface area is 99.5 Å². The normalized spacial score (nSPS) is 11.4. The van der Waals surface area contributed by atoms with E-state index in [0.29, 0.717) is 13.0 Å². The lowest BCUT2D eigenvalue weighted by atomic mass is 10.3. The van der Waals surface area contributed by atoms with Crippen LogP contribution < -0.4 is 10.6 Å². The summed E-state index contributed by atoms with van der Waals surface area (Å²) in [5.41, 5.74) is 0. The molecule has 0 heterocycles. The molecule has 0 saturated heterocycles. The van der Waals surface area contributed by atoms with Gasteiger partial charge in [-0.25, -0.2) is 4.79 Å². The fraction of sp³-hybridized carbons (Fsp3) is 0.700. The molecule has 17 heavy (non-hydrogen) atoms. The molecule has 0 aromatic heterocycles. The van der Waals surface area contributed by atoms with Crippen LogP contribution in [0.3, 0.4) is 0 Å². The highest BCUT2D eigenvalue weighted by Gasteiger charge is 2.13. The van der Waals surface area contributed by atoms with Gasteiger partial charge < -0.3 is 20.5 Å². The number of ether oxygens (including phenoxy) is 1. The van der Waals surface area contributed by atoms with Gasteiger partial charge >= 0.3 is 18.0 Å². The van der Waals surface area contributed by atoms with Gasteiger partial charge in [-0.3, -0.25) is 9.59 Å². The molecule has 0 aliphatic heterocycles. The highest BCUT2D eigenvalue weighted by molar-refractivity contribution is 5.82. The molecule has 7 heteroatoms. The van der Waals surface area contributed by atoms with Crippen LogP contribution in [0, 0.1) is 0 Å². The van der Waals surface area contributed by atoms with Crippen LogP contribution in [0.1, 0.15) is 26.7 Å². The number of esters is 1. The molecule has 0 aliphatic carbocycles. The number of amides is 2. The van der Waals surface area contributed by atoms with Crippen LogP contribution in [-0.2, 0) is 14.3 Å². The first-order chi connectivity index (χ1) is 7.97. The first-order valence-corrected chi connectivity index (χ1v) is 5.40. The van der Waals surface area contributed by atoms with Gasteiger partial charge in [0.15, 0.2) is 0 Å². The lowest BCUT2D eigenvalue weighted by molar-refractivity contribution is -0.143. The van der Waals surface area contributed by atoms with Crippen LogP contribution in [0.25, 0.3) is 0 Å². The summed E-state index contributed by atoms with van der Waals surface area (Å²) in [7, 11) is 0. The summed E-state index contributed by atoms with van der Waals surface area (Å²) < 4.78 is 4.70. The minimum absolute atomic E-state index is 0.225. The number of hydrogen-bond acceptors (Lipinski definition) is 4. The van der Waals surface area contributed by atoms with E-state index < -0.39 is 18.0 Å². The Morgan fingerprint density at radius 3 is 2.53 bits per heavy atom. The van der Waals surface area contributed by atoms with Crippen molar-refractivity contribution in [3.8, 4) is 0 Å². The second-order valence-electron chi connectivity index (χ2n) is 3.37. The van der Waals surface area contributed by atoms with Crippen LogP contribution in [0.4, 0.5) is 4.79 Å². The summed E-state index contributed by atoms with van der Waals surface area (Å²) in [6.07, 6.45) is 0.677. The maximum Gasteiger partial charge on any atom is 0.325 e. The van der Waals surface area contributed by atoms with Crippen LogP contribution in [0.15, 0.2) is 0 Å². The van der Waals surface area contributed by atoms with Gasteiger partial charge in [0.05, 0.1) is 6.61 Å². The largest absolute Gasteiger partial charge is 0.480 e. The molecule has 3 N–H and O–H groups in total. The van der Waals surface area contributed by atoms with E-state index in [0.717, 1.165) is 0 Å². The molecule has 0 aromatic carbocycles. The van der Waals surface area contributed by atoms with Gasteiger partial charge in [0, 0.05) is 13.0 Å². The van der Waals surface area contributed by atoms with E-state index in [9.17, 15) is 14.4 Å². The molecule has 0 aliphatic rings. The fourth-order valence-corrected chi connectivity index (χ4v) is 0.977. The van der Waals surface area contributed by atoms with Crippen molar-refractivity contribution in [2.24, 2.45) is 0 Å². The average molecular weight is 246 g/mol. The smallest absolute Gasteiger partial charge is 0.325 e. The van der Waals surface area contributed by atoms with Crippen LogP contribution in [-0.4, -0.2) is 42.3 Å². The summed E-state index contributed by atoms with van der Waals surface area (Å²) in [6.45, 7) is 3.71. The molecular formula is C10H18N2O5. The third kappa shape index (κ3) is 8.06. The molecule has 0 radical (unpaired) electrons. The van der Waals surface area contributed by atoms with Gasteiger partial charge in [0.25, 0.3) is 0 Å². The number of carboxylic acid groups (broad SMARTS) is 1. The molecule has 98 valence electrons. The molecule has 0 aromatic rings. The molecular weight excluding hydrogens is 228 g/mol. The van der Waals surface area contributed by atoms with Gasteiger partial charge in [0.2, 0.25) is 0 Å². The lowest BCUT2D eigenvalue weighted by Gasteiger charge is -2.10. The van der Waals surface area contributed by atoms with Gasteiger partial charge in [-0.05, 0) is 20.3 Å². The zero-order valence-corrected chi connectivity index (χ0v) is 9.99. The van der Waals surface area contributed by atoms with E-state index in [2.05, 4.69) is 10.6 Å². The third-order valence-electron chi connectivity index (χ3n) is 1.87. The zero-order chi connectivity index (χ0) is 13.3. The Balaban J connectivity index is 3.58. The van der Waals surface area contributed by atoms with Crippen molar-refractivity contribution in [1.82, 2.24) is 10.6 Å². The monoisotopic (exact) mass is 246 g/mol. The zero-order valence-electron chi connectivity index (χ0n) is 9.99. The summed E-state index contributed by atoms with van der Waals surface area (Å²) in [5, 5.41) is 13.2. The molecule has 0 fully saturated rings. The van der Waals surface area contributed by atoms with Crippen molar-refractivity contribution >= 4 is 18.0 Å². The van der Waals surface area contributed by atoms with Crippen LogP contribution in [0.5, 0.6) is 0 Å². The number of urea groups is 1. The maximum absolute atomic E-state index is 11.1. The Bertz CT molecular complexity index is 280. The molecule has 0 spiro atoms. The Morgan fingerprint density at radius 1 is 1.35 bits per heavy atom. The number of hydrogen-bond donors (Lipinski definition) is 3. The minimum Gasteiger partial charge on any atom is -0.480 e. The number of carbonyl (C=O) groups is 3. The molecule has 0 saturated carbocycles. The molecule has 2 amide bonds. The molecule has 0 bridgehead atoms. The summed E-state index contributed by atoms with van der Waals surface area (Å²) in [4.78, 5) is 32.5. The molecule has 7 nitrogen and oxygen atoms in total. The second kappa shape index (κ2) is 8.37. The summed E-state index contributed by atoms with van der Waals surface area (Å²) in [5.74, 6) is -1.42. The fourth-order valence-electron chi connectivity index (χ4n) is 0.977. The second-order valence-corrected chi connectivity index (χ2v) is 3.37. The number of rotatable bonds is 7. The predicted octanol–water partition coefficient (Wildman–Crippen LogP) is 0.102. The highest BCUT2D eigenvalue weighted by atomic mass is 16.5.